The van der Waals surface area contributed by atoms with E-state index in [1.807, 2.05) is 0 Å². The lowest BCUT2D eigenvalue weighted by molar-refractivity contribution is 0.719. The van der Waals surface area contributed by atoms with E-state index in [1.54, 1.807) is 19.1 Å². The Labute approximate surface area is 107 Å². The van der Waals surface area contributed by atoms with Crippen LogP contribution in [0.5, 0.6) is 0 Å². The lowest BCUT2D eigenvalue weighted by atomic mass is 10.2. The first-order chi connectivity index (χ1) is 7.56. The van der Waals surface area contributed by atoms with Gasteiger partial charge in [0.2, 0.25) is 5.28 Å². The average Bonchev–Trinajstić information content (AvgIpc) is 2.24. The van der Waals surface area contributed by atoms with Crippen molar-refractivity contribution in [3.05, 3.63) is 37.8 Å². The molecule has 0 radical (unpaired) electrons. The molecule has 0 fully saturated rings. The molecule has 2 rings (SSSR count). The van der Waals surface area contributed by atoms with Gasteiger partial charge in [-0.25, -0.2) is 4.98 Å². The average molecular weight is 278 g/mol. The molecule has 1 aromatic heterocycles. The number of fused-ring (bicyclic) bond motifs is 1. The first-order valence-electron chi connectivity index (χ1n) is 4.60. The molecule has 1 heterocycles. The fraction of sp³-hybridized carbons (Fsp3) is 0.200. The molecule has 0 bridgehead atoms. The van der Waals surface area contributed by atoms with Gasteiger partial charge in [-0.15, -0.1) is 0 Å². The summed E-state index contributed by atoms with van der Waals surface area (Å²) in [7, 11) is 0. The predicted molar refractivity (Wildman–Crippen MR) is 66.7 cm³/mol. The summed E-state index contributed by atoms with van der Waals surface area (Å²) in [6.45, 7) is 2.24. The summed E-state index contributed by atoms with van der Waals surface area (Å²) in [6.07, 6.45) is 0. The van der Waals surface area contributed by atoms with Gasteiger partial charge in [-0.1, -0.05) is 23.2 Å². The number of aromatic nitrogens is 2. The zero-order valence-electron chi connectivity index (χ0n) is 8.30. The Morgan fingerprint density at radius 2 is 1.88 bits per heavy atom. The minimum Gasteiger partial charge on any atom is -0.283 e. The molecule has 0 aliphatic rings. The van der Waals surface area contributed by atoms with Crippen LogP contribution in [0.25, 0.3) is 10.9 Å². The fourth-order valence-corrected chi connectivity index (χ4v) is 2.21. The molecular formula is C10H7Cl3N2O. The van der Waals surface area contributed by atoms with E-state index in [0.717, 1.165) is 0 Å². The Morgan fingerprint density at radius 1 is 1.25 bits per heavy atom. The summed E-state index contributed by atoms with van der Waals surface area (Å²) >= 11 is 17.8. The van der Waals surface area contributed by atoms with Crippen LogP contribution in [0.2, 0.25) is 15.3 Å². The molecule has 2 aromatic rings. The summed E-state index contributed by atoms with van der Waals surface area (Å²) in [5.41, 5.74) is 0.0684. The van der Waals surface area contributed by atoms with E-state index in [-0.39, 0.29) is 10.8 Å². The first-order valence-corrected chi connectivity index (χ1v) is 5.73. The molecule has 0 saturated heterocycles. The molecule has 0 saturated carbocycles. The highest BCUT2D eigenvalue weighted by atomic mass is 35.5. The quantitative estimate of drug-likeness (QED) is 0.749. The van der Waals surface area contributed by atoms with Gasteiger partial charge in [-0.05, 0) is 30.7 Å². The van der Waals surface area contributed by atoms with E-state index in [9.17, 15) is 4.79 Å². The topological polar surface area (TPSA) is 34.9 Å². The van der Waals surface area contributed by atoms with Crippen LogP contribution < -0.4 is 5.56 Å². The summed E-state index contributed by atoms with van der Waals surface area (Å²) < 4.78 is 1.34. The molecule has 0 spiro atoms. The van der Waals surface area contributed by atoms with Crippen molar-refractivity contribution in [1.82, 2.24) is 9.55 Å². The molecule has 16 heavy (non-hydrogen) atoms. The van der Waals surface area contributed by atoms with Crippen molar-refractivity contribution >= 4 is 45.7 Å². The zero-order valence-corrected chi connectivity index (χ0v) is 10.6. The lowest BCUT2D eigenvalue weighted by Crippen LogP contribution is -2.21. The molecule has 0 amide bonds. The van der Waals surface area contributed by atoms with E-state index in [0.29, 0.717) is 27.5 Å². The number of nitrogens with zero attached hydrogens (tertiary/aromatic N) is 2. The van der Waals surface area contributed by atoms with Crippen molar-refractivity contribution in [3.8, 4) is 0 Å². The van der Waals surface area contributed by atoms with E-state index >= 15 is 0 Å². The second-order valence-electron chi connectivity index (χ2n) is 3.18. The molecule has 6 heteroatoms. The number of halogens is 3. The van der Waals surface area contributed by atoms with Gasteiger partial charge in [0.15, 0.2) is 0 Å². The van der Waals surface area contributed by atoms with E-state index in [2.05, 4.69) is 4.98 Å². The third-order valence-electron chi connectivity index (χ3n) is 2.28. The molecule has 0 N–H and O–H groups in total. The van der Waals surface area contributed by atoms with Crippen molar-refractivity contribution in [3.63, 3.8) is 0 Å². The van der Waals surface area contributed by atoms with E-state index < -0.39 is 0 Å². The summed E-state index contributed by atoms with van der Waals surface area (Å²) in [6, 6.07) is 3.16. The standard InChI is InChI=1S/C10H7Cl3N2O/c1-2-15-9(16)7-5(11)3-4-6(12)8(7)14-10(15)13/h3-4H,2H2,1H3. The summed E-state index contributed by atoms with van der Waals surface area (Å²) in [5, 5.41) is 1.11. The second kappa shape index (κ2) is 4.24. The largest absolute Gasteiger partial charge is 0.283 e. The van der Waals surface area contributed by atoms with E-state index in [1.165, 1.54) is 4.57 Å². The van der Waals surface area contributed by atoms with Crippen LogP contribution in [-0.2, 0) is 6.54 Å². The van der Waals surface area contributed by atoms with Crippen LogP contribution in [0.1, 0.15) is 6.92 Å². The SMILES string of the molecule is CCn1c(Cl)nc2c(Cl)ccc(Cl)c2c1=O. The maximum Gasteiger partial charge on any atom is 0.263 e. The first kappa shape index (κ1) is 11.7. The van der Waals surface area contributed by atoms with E-state index in [4.69, 9.17) is 34.8 Å². The highest BCUT2D eigenvalue weighted by Gasteiger charge is 2.13. The van der Waals surface area contributed by atoms with Crippen LogP contribution in [0.4, 0.5) is 0 Å². The maximum absolute atomic E-state index is 12.0. The monoisotopic (exact) mass is 276 g/mol. The molecule has 0 aliphatic carbocycles. The van der Waals surface area contributed by atoms with Crippen molar-refractivity contribution in [2.45, 2.75) is 13.5 Å². The van der Waals surface area contributed by atoms with Gasteiger partial charge in [0.1, 0.15) is 0 Å². The van der Waals surface area contributed by atoms with Gasteiger partial charge in [0.05, 0.1) is 20.9 Å². The van der Waals surface area contributed by atoms with Crippen molar-refractivity contribution in [2.24, 2.45) is 0 Å². The number of rotatable bonds is 1. The van der Waals surface area contributed by atoms with Gasteiger partial charge in [0, 0.05) is 6.54 Å². The summed E-state index contributed by atoms with van der Waals surface area (Å²) in [4.78, 5) is 16.1. The van der Waals surface area contributed by atoms with Crippen LogP contribution in [0.15, 0.2) is 16.9 Å². The van der Waals surface area contributed by atoms with Crippen molar-refractivity contribution in [2.75, 3.05) is 0 Å². The van der Waals surface area contributed by atoms with Crippen molar-refractivity contribution < 1.29 is 0 Å². The smallest absolute Gasteiger partial charge is 0.263 e. The van der Waals surface area contributed by atoms with Gasteiger partial charge in [-0.3, -0.25) is 9.36 Å². The molecule has 0 aliphatic heterocycles. The second-order valence-corrected chi connectivity index (χ2v) is 4.34. The molecule has 0 atom stereocenters. The number of benzene rings is 1. The summed E-state index contributed by atoms with van der Waals surface area (Å²) in [5.74, 6) is 0. The number of hydrogen-bond acceptors (Lipinski definition) is 2. The molecule has 0 unspecified atom stereocenters. The molecule has 3 nitrogen and oxygen atoms in total. The highest BCUT2D eigenvalue weighted by Crippen LogP contribution is 2.26. The van der Waals surface area contributed by atoms with Crippen LogP contribution in [-0.4, -0.2) is 9.55 Å². The molecular weight excluding hydrogens is 270 g/mol. The predicted octanol–water partition coefficient (Wildman–Crippen LogP) is 3.38. The highest BCUT2D eigenvalue weighted by molar-refractivity contribution is 6.40. The third kappa shape index (κ3) is 1.69. The molecule has 84 valence electrons. The maximum atomic E-state index is 12.0. The Bertz CT molecular complexity index is 621. The van der Waals surface area contributed by atoms with Crippen molar-refractivity contribution in [1.29, 1.82) is 0 Å². The Balaban J connectivity index is 3.05. The minimum atomic E-state index is -0.273. The van der Waals surface area contributed by atoms with Gasteiger partial charge in [0.25, 0.3) is 5.56 Å². The Kier molecular flexibility index (Phi) is 3.10. The van der Waals surface area contributed by atoms with Crippen LogP contribution in [0.3, 0.4) is 0 Å². The fourth-order valence-electron chi connectivity index (χ4n) is 1.50. The minimum absolute atomic E-state index is 0.115. The number of hydrogen-bond donors (Lipinski definition) is 0. The van der Waals surface area contributed by atoms with Crippen LogP contribution >= 0.6 is 34.8 Å². The van der Waals surface area contributed by atoms with Crippen LogP contribution in [0, 0.1) is 0 Å². The lowest BCUT2D eigenvalue weighted by Gasteiger charge is -2.08. The Hall–Kier alpha value is -0.770. The van der Waals surface area contributed by atoms with Gasteiger partial charge in [-0.2, -0.15) is 0 Å². The third-order valence-corrected chi connectivity index (χ3v) is 3.19. The molecule has 1 aromatic carbocycles. The Morgan fingerprint density at radius 3 is 2.50 bits per heavy atom. The van der Waals surface area contributed by atoms with Gasteiger partial charge >= 0.3 is 0 Å². The normalized spacial score (nSPS) is 11.0. The zero-order chi connectivity index (χ0) is 11.9. The van der Waals surface area contributed by atoms with Gasteiger partial charge < -0.3 is 0 Å².